The Balaban J connectivity index is 4.41. The first kappa shape index (κ1) is 55.6. The molecule has 0 aromatic rings. The highest BCUT2D eigenvalue weighted by atomic mass is 16.6. The average molecular weight is 815 g/mol. The Morgan fingerprint density at radius 1 is 0.345 bits per heavy atom. The van der Waals surface area contributed by atoms with Gasteiger partial charge in [-0.3, -0.25) is 14.4 Å². The number of unbranched alkanes of at least 4 members (excludes halogenated alkanes) is 28. The number of ether oxygens (including phenoxy) is 3. The molecule has 6 heteroatoms. The van der Waals surface area contributed by atoms with Crippen molar-refractivity contribution in [1.82, 2.24) is 0 Å². The summed E-state index contributed by atoms with van der Waals surface area (Å²) in [5.74, 6) is -0.911. The second-order valence-electron chi connectivity index (χ2n) is 16.7. The van der Waals surface area contributed by atoms with E-state index >= 15 is 0 Å². The molecule has 0 fully saturated rings. The predicted molar refractivity (Wildman–Crippen MR) is 247 cm³/mol. The molecule has 0 radical (unpaired) electrons. The number of carbonyl (C=O) groups excluding carboxylic acids is 3. The molecule has 58 heavy (non-hydrogen) atoms. The molecule has 0 saturated heterocycles. The Labute approximate surface area is 359 Å². The summed E-state index contributed by atoms with van der Waals surface area (Å²) in [5, 5.41) is 0. The molecule has 0 amide bonds. The van der Waals surface area contributed by atoms with E-state index in [2.05, 4.69) is 57.2 Å². The summed E-state index contributed by atoms with van der Waals surface area (Å²) in [6, 6.07) is 0. The Hall–Kier alpha value is -2.37. The maximum atomic E-state index is 12.8. The highest BCUT2D eigenvalue weighted by molar-refractivity contribution is 5.71. The molecular weight excluding hydrogens is 721 g/mol. The summed E-state index contributed by atoms with van der Waals surface area (Å²) in [4.78, 5) is 37.9. The monoisotopic (exact) mass is 815 g/mol. The number of esters is 3. The van der Waals surface area contributed by atoms with Crippen LogP contribution >= 0.6 is 0 Å². The topological polar surface area (TPSA) is 78.9 Å². The van der Waals surface area contributed by atoms with E-state index in [9.17, 15) is 14.4 Å². The van der Waals surface area contributed by atoms with Crippen LogP contribution in [-0.4, -0.2) is 37.2 Å². The second kappa shape index (κ2) is 47.3. The van der Waals surface area contributed by atoms with Crippen LogP contribution < -0.4 is 0 Å². The molecule has 0 spiro atoms. The van der Waals surface area contributed by atoms with E-state index in [0.717, 1.165) is 70.6 Å². The van der Waals surface area contributed by atoms with Gasteiger partial charge in [-0.15, -0.1) is 0 Å². The summed E-state index contributed by atoms with van der Waals surface area (Å²) in [6.45, 7) is 6.58. The third-order valence-electron chi connectivity index (χ3n) is 10.9. The van der Waals surface area contributed by atoms with Gasteiger partial charge in [-0.05, 0) is 57.8 Å². The van der Waals surface area contributed by atoms with Crippen LogP contribution in [0, 0.1) is 0 Å². The summed E-state index contributed by atoms with van der Waals surface area (Å²) in [7, 11) is 0. The fourth-order valence-corrected chi connectivity index (χ4v) is 7.10. The van der Waals surface area contributed by atoms with Gasteiger partial charge in [0, 0.05) is 19.3 Å². The summed E-state index contributed by atoms with van der Waals surface area (Å²) in [5.41, 5.74) is 0. The molecule has 338 valence electrons. The van der Waals surface area contributed by atoms with Crippen LogP contribution in [0.1, 0.15) is 258 Å². The van der Waals surface area contributed by atoms with Gasteiger partial charge in [0.2, 0.25) is 0 Å². The van der Waals surface area contributed by atoms with E-state index in [4.69, 9.17) is 14.2 Å². The molecule has 1 atom stereocenters. The SMILES string of the molecule is CCCCC/C=C\C/C=C\C/C=C\CCCCC(=O)OC[C@H](COC(=O)CCCCCCCCCCCCCC)OC(=O)CCCCCCCCCCCCCCC. The third-order valence-corrected chi connectivity index (χ3v) is 10.9. The van der Waals surface area contributed by atoms with Crippen molar-refractivity contribution in [3.8, 4) is 0 Å². The zero-order valence-corrected chi connectivity index (χ0v) is 38.6. The number of hydrogen-bond donors (Lipinski definition) is 0. The molecular formula is C52H94O6. The average Bonchev–Trinajstić information content (AvgIpc) is 3.22. The maximum absolute atomic E-state index is 12.8. The van der Waals surface area contributed by atoms with E-state index < -0.39 is 6.10 Å². The van der Waals surface area contributed by atoms with Crippen LogP contribution in [0.4, 0.5) is 0 Å². The number of hydrogen-bond acceptors (Lipinski definition) is 6. The van der Waals surface area contributed by atoms with Gasteiger partial charge in [-0.25, -0.2) is 0 Å². The van der Waals surface area contributed by atoms with Gasteiger partial charge in [0.25, 0.3) is 0 Å². The van der Waals surface area contributed by atoms with Gasteiger partial charge in [-0.1, -0.05) is 218 Å². The zero-order chi connectivity index (χ0) is 42.3. The van der Waals surface area contributed by atoms with E-state index in [0.29, 0.717) is 19.3 Å². The lowest BCUT2D eigenvalue weighted by Crippen LogP contribution is -2.30. The summed E-state index contributed by atoms with van der Waals surface area (Å²) in [6.07, 6.45) is 54.1. The van der Waals surface area contributed by atoms with Gasteiger partial charge < -0.3 is 14.2 Å². The predicted octanol–water partition coefficient (Wildman–Crippen LogP) is 16.1. The van der Waals surface area contributed by atoms with Crippen molar-refractivity contribution in [1.29, 1.82) is 0 Å². The van der Waals surface area contributed by atoms with Crippen LogP contribution in [-0.2, 0) is 28.6 Å². The van der Waals surface area contributed by atoms with Gasteiger partial charge in [0.05, 0.1) is 0 Å². The Bertz CT molecular complexity index is 984. The minimum Gasteiger partial charge on any atom is -0.462 e. The molecule has 0 bridgehead atoms. The molecule has 0 rings (SSSR count). The van der Waals surface area contributed by atoms with Crippen molar-refractivity contribution in [2.24, 2.45) is 0 Å². The Morgan fingerprint density at radius 3 is 1.00 bits per heavy atom. The van der Waals surface area contributed by atoms with Gasteiger partial charge >= 0.3 is 17.9 Å². The van der Waals surface area contributed by atoms with Crippen molar-refractivity contribution < 1.29 is 28.6 Å². The van der Waals surface area contributed by atoms with Crippen LogP contribution in [0.5, 0.6) is 0 Å². The largest absolute Gasteiger partial charge is 0.462 e. The molecule has 0 N–H and O–H groups in total. The second-order valence-corrected chi connectivity index (χ2v) is 16.7. The van der Waals surface area contributed by atoms with Crippen molar-refractivity contribution in [3.05, 3.63) is 36.5 Å². The number of carbonyl (C=O) groups is 3. The first-order chi connectivity index (χ1) is 28.5. The lowest BCUT2D eigenvalue weighted by atomic mass is 10.0. The first-order valence-electron chi connectivity index (χ1n) is 25.0. The third kappa shape index (κ3) is 44.7. The van der Waals surface area contributed by atoms with Gasteiger partial charge in [-0.2, -0.15) is 0 Å². The lowest BCUT2D eigenvalue weighted by molar-refractivity contribution is -0.167. The van der Waals surface area contributed by atoms with E-state index in [-0.39, 0.29) is 31.1 Å². The van der Waals surface area contributed by atoms with Crippen molar-refractivity contribution >= 4 is 17.9 Å². The molecule has 6 nitrogen and oxygen atoms in total. The zero-order valence-electron chi connectivity index (χ0n) is 38.6. The fourth-order valence-electron chi connectivity index (χ4n) is 7.10. The fraction of sp³-hybridized carbons (Fsp3) is 0.827. The minimum atomic E-state index is -0.781. The highest BCUT2D eigenvalue weighted by Gasteiger charge is 2.19. The lowest BCUT2D eigenvalue weighted by Gasteiger charge is -2.18. The molecule has 0 saturated carbocycles. The highest BCUT2D eigenvalue weighted by Crippen LogP contribution is 2.15. The van der Waals surface area contributed by atoms with Crippen molar-refractivity contribution in [3.63, 3.8) is 0 Å². The number of rotatable bonds is 45. The summed E-state index contributed by atoms with van der Waals surface area (Å²) < 4.78 is 16.7. The Kier molecular flexibility index (Phi) is 45.4. The van der Waals surface area contributed by atoms with Crippen LogP contribution in [0.2, 0.25) is 0 Å². The summed E-state index contributed by atoms with van der Waals surface area (Å²) >= 11 is 0. The van der Waals surface area contributed by atoms with E-state index in [1.54, 1.807) is 0 Å². The number of allylic oxidation sites excluding steroid dienone is 6. The van der Waals surface area contributed by atoms with Crippen LogP contribution in [0.25, 0.3) is 0 Å². The van der Waals surface area contributed by atoms with Crippen molar-refractivity contribution in [2.75, 3.05) is 13.2 Å². The molecule has 0 heterocycles. The van der Waals surface area contributed by atoms with Crippen LogP contribution in [0.15, 0.2) is 36.5 Å². The smallest absolute Gasteiger partial charge is 0.306 e. The van der Waals surface area contributed by atoms with Crippen molar-refractivity contribution in [2.45, 2.75) is 264 Å². The maximum Gasteiger partial charge on any atom is 0.306 e. The van der Waals surface area contributed by atoms with Crippen LogP contribution in [0.3, 0.4) is 0 Å². The molecule has 0 aromatic heterocycles. The Morgan fingerprint density at radius 2 is 0.621 bits per heavy atom. The standard InChI is InChI=1S/C52H94O6/c1-4-7-10-13-16-19-22-25-26-28-30-33-36-39-42-45-51(54)57-48-49(47-56-50(53)44-41-38-35-32-29-24-21-18-15-12-9-6-3)58-52(55)46-43-40-37-34-31-27-23-20-17-14-11-8-5-2/h16,19,25-26,30,33,49H,4-15,17-18,20-24,27-29,31-32,34-48H2,1-3H3/b19-16-,26-25-,33-30-/t49-/m0/s1. The molecule has 0 aliphatic heterocycles. The normalized spacial score (nSPS) is 12.3. The van der Waals surface area contributed by atoms with Gasteiger partial charge in [0.1, 0.15) is 13.2 Å². The molecule has 0 aliphatic rings. The molecule has 0 aromatic carbocycles. The first-order valence-corrected chi connectivity index (χ1v) is 25.0. The molecule has 0 unspecified atom stereocenters. The molecule has 0 aliphatic carbocycles. The van der Waals surface area contributed by atoms with Gasteiger partial charge in [0.15, 0.2) is 6.10 Å². The van der Waals surface area contributed by atoms with E-state index in [1.165, 1.54) is 148 Å². The quantitative estimate of drug-likeness (QED) is 0.0264. The van der Waals surface area contributed by atoms with E-state index in [1.807, 2.05) is 0 Å². The minimum absolute atomic E-state index is 0.0802.